The number of unbranched alkanes of at least 4 members (excludes halogenated alkanes) is 2. The van der Waals surface area contributed by atoms with E-state index in [2.05, 4.69) is 22.4 Å². The number of nitrogens with zero attached hydrogens (tertiary/aromatic N) is 2. The molecule has 0 unspecified atom stereocenters. The average Bonchev–Trinajstić information content (AvgIpc) is 3.04. The molecule has 0 spiro atoms. The Bertz CT molecular complexity index is 688. The van der Waals surface area contributed by atoms with Crippen molar-refractivity contribution in [1.82, 2.24) is 10.2 Å². The van der Waals surface area contributed by atoms with Gasteiger partial charge in [0.15, 0.2) is 11.5 Å². The van der Waals surface area contributed by atoms with Crippen molar-refractivity contribution in [2.75, 3.05) is 18.5 Å². The molecule has 1 N–H and O–H groups in total. The first-order valence-corrected chi connectivity index (χ1v) is 9.52. The molecule has 6 nitrogen and oxygen atoms in total. The number of amides is 1. The average molecular weight is 363 g/mol. The number of benzene rings is 1. The van der Waals surface area contributed by atoms with Gasteiger partial charge in [-0.3, -0.25) is 10.1 Å². The second-order valence-electron chi connectivity index (χ2n) is 5.44. The molecule has 1 aromatic carbocycles. The van der Waals surface area contributed by atoms with Crippen LogP contribution in [0, 0.1) is 0 Å². The van der Waals surface area contributed by atoms with Crippen LogP contribution in [0.25, 0.3) is 0 Å². The number of nitrogens with one attached hydrogen (secondary N) is 1. The first-order valence-electron chi connectivity index (χ1n) is 8.71. The molecule has 0 aliphatic rings. The number of rotatable bonds is 10. The highest BCUT2D eigenvalue weighted by Crippen LogP contribution is 2.29. The van der Waals surface area contributed by atoms with Gasteiger partial charge in [0, 0.05) is 12.0 Å². The van der Waals surface area contributed by atoms with E-state index in [1.54, 1.807) is 18.2 Å². The van der Waals surface area contributed by atoms with Gasteiger partial charge in [0.05, 0.1) is 13.2 Å². The van der Waals surface area contributed by atoms with Crippen LogP contribution in [0.4, 0.5) is 5.13 Å². The summed E-state index contributed by atoms with van der Waals surface area (Å²) in [6.45, 7) is 7.01. The molecule has 1 amide bonds. The highest BCUT2D eigenvalue weighted by Gasteiger charge is 2.14. The summed E-state index contributed by atoms with van der Waals surface area (Å²) in [5.74, 6) is 0.963. The number of hydrogen-bond acceptors (Lipinski definition) is 6. The van der Waals surface area contributed by atoms with Crippen LogP contribution in [-0.4, -0.2) is 29.3 Å². The quantitative estimate of drug-likeness (QED) is 0.636. The molecule has 136 valence electrons. The maximum absolute atomic E-state index is 12.4. The summed E-state index contributed by atoms with van der Waals surface area (Å²) >= 11 is 1.42. The lowest BCUT2D eigenvalue weighted by Crippen LogP contribution is -2.12. The largest absolute Gasteiger partial charge is 0.490 e. The Morgan fingerprint density at radius 2 is 1.84 bits per heavy atom. The Labute approximate surface area is 152 Å². The zero-order valence-corrected chi connectivity index (χ0v) is 15.8. The van der Waals surface area contributed by atoms with E-state index in [1.165, 1.54) is 24.2 Å². The number of carbonyl (C=O) groups is 1. The van der Waals surface area contributed by atoms with E-state index in [0.717, 1.165) is 17.8 Å². The molecule has 0 saturated carbocycles. The molecule has 0 atom stereocenters. The highest BCUT2D eigenvalue weighted by atomic mass is 32.1. The van der Waals surface area contributed by atoms with Gasteiger partial charge in [-0.25, -0.2) is 0 Å². The van der Waals surface area contributed by atoms with Gasteiger partial charge in [0.25, 0.3) is 5.91 Å². The fourth-order valence-corrected chi connectivity index (χ4v) is 3.07. The third kappa shape index (κ3) is 5.70. The minimum absolute atomic E-state index is 0.236. The van der Waals surface area contributed by atoms with Gasteiger partial charge in [-0.05, 0) is 38.5 Å². The number of aromatic nitrogens is 2. The molecular formula is C18H25N3O3S. The van der Waals surface area contributed by atoms with Crippen molar-refractivity contribution in [3.63, 3.8) is 0 Å². The summed E-state index contributed by atoms with van der Waals surface area (Å²) in [4.78, 5) is 12.4. The van der Waals surface area contributed by atoms with Gasteiger partial charge >= 0.3 is 0 Å². The van der Waals surface area contributed by atoms with Crippen LogP contribution in [-0.2, 0) is 6.42 Å². The van der Waals surface area contributed by atoms with Crippen molar-refractivity contribution in [2.45, 2.75) is 46.5 Å². The summed E-state index contributed by atoms with van der Waals surface area (Å²) < 4.78 is 11.1. The molecule has 0 aliphatic carbocycles. The molecule has 0 radical (unpaired) electrons. The zero-order chi connectivity index (χ0) is 18.1. The SMILES string of the molecule is CCCCCc1nnc(NC(=O)c2ccc(OCC)c(OCC)c2)s1. The summed E-state index contributed by atoms with van der Waals surface area (Å²) in [5, 5.41) is 12.4. The predicted molar refractivity (Wildman–Crippen MR) is 99.9 cm³/mol. The van der Waals surface area contributed by atoms with Crippen LogP contribution in [0.3, 0.4) is 0 Å². The summed E-state index contributed by atoms with van der Waals surface area (Å²) in [6.07, 6.45) is 4.34. The van der Waals surface area contributed by atoms with E-state index in [0.29, 0.717) is 35.4 Å². The second-order valence-corrected chi connectivity index (χ2v) is 6.50. The van der Waals surface area contributed by atoms with Gasteiger partial charge < -0.3 is 9.47 Å². The fraction of sp³-hybridized carbons (Fsp3) is 0.500. The van der Waals surface area contributed by atoms with Gasteiger partial charge in [0.2, 0.25) is 5.13 Å². The van der Waals surface area contributed by atoms with Crippen LogP contribution in [0.5, 0.6) is 11.5 Å². The van der Waals surface area contributed by atoms with Crippen LogP contribution in [0.2, 0.25) is 0 Å². The molecular weight excluding hydrogens is 338 g/mol. The molecule has 0 fully saturated rings. The Hall–Kier alpha value is -2.15. The van der Waals surface area contributed by atoms with E-state index < -0.39 is 0 Å². The molecule has 25 heavy (non-hydrogen) atoms. The first kappa shape index (κ1) is 19.2. The van der Waals surface area contributed by atoms with E-state index in [1.807, 2.05) is 13.8 Å². The second kappa shape index (κ2) is 9.98. The smallest absolute Gasteiger partial charge is 0.257 e. The predicted octanol–water partition coefficient (Wildman–Crippen LogP) is 4.32. The lowest BCUT2D eigenvalue weighted by molar-refractivity contribution is 0.102. The molecule has 2 aromatic rings. The van der Waals surface area contributed by atoms with Crippen molar-refractivity contribution in [2.24, 2.45) is 0 Å². The van der Waals surface area contributed by atoms with Gasteiger partial charge in [-0.15, -0.1) is 10.2 Å². The first-order chi connectivity index (χ1) is 12.2. The van der Waals surface area contributed by atoms with Crippen molar-refractivity contribution >= 4 is 22.4 Å². The van der Waals surface area contributed by atoms with E-state index >= 15 is 0 Å². The highest BCUT2D eigenvalue weighted by molar-refractivity contribution is 7.15. The summed E-state index contributed by atoms with van der Waals surface area (Å²) in [6, 6.07) is 5.15. The Morgan fingerprint density at radius 1 is 1.08 bits per heavy atom. The monoisotopic (exact) mass is 363 g/mol. The van der Waals surface area contributed by atoms with Crippen LogP contribution >= 0.6 is 11.3 Å². The van der Waals surface area contributed by atoms with Crippen molar-refractivity contribution < 1.29 is 14.3 Å². The van der Waals surface area contributed by atoms with E-state index in [9.17, 15) is 4.79 Å². The third-order valence-electron chi connectivity index (χ3n) is 3.49. The van der Waals surface area contributed by atoms with Crippen LogP contribution in [0.15, 0.2) is 18.2 Å². The number of carbonyl (C=O) groups excluding carboxylic acids is 1. The molecule has 1 aromatic heterocycles. The lowest BCUT2D eigenvalue weighted by Gasteiger charge is -2.12. The van der Waals surface area contributed by atoms with Crippen molar-refractivity contribution in [1.29, 1.82) is 0 Å². The van der Waals surface area contributed by atoms with Gasteiger partial charge in [-0.1, -0.05) is 31.1 Å². The molecule has 1 heterocycles. The molecule has 7 heteroatoms. The topological polar surface area (TPSA) is 73.3 Å². The molecule has 2 rings (SSSR count). The Kier molecular flexibility index (Phi) is 7.66. The van der Waals surface area contributed by atoms with E-state index in [-0.39, 0.29) is 5.91 Å². The van der Waals surface area contributed by atoms with E-state index in [4.69, 9.17) is 9.47 Å². The normalized spacial score (nSPS) is 10.5. The summed E-state index contributed by atoms with van der Waals surface area (Å²) in [7, 11) is 0. The van der Waals surface area contributed by atoms with Crippen LogP contribution in [0.1, 0.15) is 55.4 Å². The third-order valence-corrected chi connectivity index (χ3v) is 4.39. The minimum Gasteiger partial charge on any atom is -0.490 e. The van der Waals surface area contributed by atoms with Crippen molar-refractivity contribution in [3.05, 3.63) is 28.8 Å². The maximum atomic E-state index is 12.4. The zero-order valence-electron chi connectivity index (χ0n) is 15.0. The molecule has 0 aliphatic heterocycles. The Balaban J connectivity index is 2.03. The maximum Gasteiger partial charge on any atom is 0.257 e. The van der Waals surface area contributed by atoms with Gasteiger partial charge in [0.1, 0.15) is 5.01 Å². The number of hydrogen-bond donors (Lipinski definition) is 1. The fourth-order valence-electron chi connectivity index (χ4n) is 2.29. The molecule has 0 saturated heterocycles. The van der Waals surface area contributed by atoms with Crippen molar-refractivity contribution in [3.8, 4) is 11.5 Å². The standard InChI is InChI=1S/C18H25N3O3S/c1-4-7-8-9-16-20-21-18(25-16)19-17(22)13-10-11-14(23-5-2)15(12-13)24-6-3/h10-12H,4-9H2,1-3H3,(H,19,21,22). The van der Waals surface area contributed by atoms with Crippen LogP contribution < -0.4 is 14.8 Å². The minimum atomic E-state index is -0.236. The molecule has 0 bridgehead atoms. The number of ether oxygens (including phenoxy) is 2. The number of anilines is 1. The lowest BCUT2D eigenvalue weighted by atomic mass is 10.2. The van der Waals surface area contributed by atoms with Gasteiger partial charge in [-0.2, -0.15) is 0 Å². The Morgan fingerprint density at radius 3 is 2.56 bits per heavy atom. The summed E-state index contributed by atoms with van der Waals surface area (Å²) in [5.41, 5.74) is 0.495. The number of aryl methyl sites for hydroxylation is 1.